The molecule has 0 heterocycles. The molecular weight excluding hydrogens is 261 g/mol. The van der Waals surface area contributed by atoms with Crippen molar-refractivity contribution in [3.8, 4) is 0 Å². The molecule has 1 rings (SSSR count). The number of carbonyl (C=O) groups is 1. The highest BCUT2D eigenvalue weighted by Crippen LogP contribution is 2.27. The van der Waals surface area contributed by atoms with Gasteiger partial charge >= 0.3 is 0 Å². The number of halogens is 2. The number of carbonyl (C=O) groups excluding carboxylic acids is 1. The van der Waals surface area contributed by atoms with Gasteiger partial charge in [-0.15, -0.1) is 0 Å². The number of aryl methyl sites for hydroxylation is 1. The summed E-state index contributed by atoms with van der Waals surface area (Å²) in [6.07, 6.45) is 0. The summed E-state index contributed by atoms with van der Waals surface area (Å²) in [5.74, 6) is -0.677. The van der Waals surface area contributed by atoms with E-state index in [0.29, 0.717) is 5.56 Å². The average Bonchev–Trinajstić information content (AvgIpc) is 2.15. The molecule has 1 aromatic rings. The van der Waals surface area contributed by atoms with Gasteiger partial charge in [0.05, 0.1) is 10.5 Å². The topological polar surface area (TPSA) is 43.1 Å². The molecule has 1 atom stereocenters. The van der Waals surface area contributed by atoms with Crippen molar-refractivity contribution in [1.29, 1.82) is 0 Å². The van der Waals surface area contributed by atoms with E-state index >= 15 is 0 Å². The molecule has 1 aromatic carbocycles. The number of rotatable bonds is 2. The van der Waals surface area contributed by atoms with Crippen molar-refractivity contribution in [2.45, 2.75) is 26.8 Å². The number of nitrogens with two attached hydrogens (primary N) is 1. The first-order valence-corrected chi connectivity index (χ1v) is 5.40. The highest BCUT2D eigenvalue weighted by molar-refractivity contribution is 9.10. The Labute approximate surface area is 96.8 Å². The second-order valence-corrected chi connectivity index (χ2v) is 4.44. The van der Waals surface area contributed by atoms with Gasteiger partial charge in [0.15, 0.2) is 5.78 Å². The van der Waals surface area contributed by atoms with Gasteiger partial charge in [0, 0.05) is 5.56 Å². The largest absolute Gasteiger partial charge is 0.321 e. The third-order valence-corrected chi connectivity index (χ3v) is 3.17. The van der Waals surface area contributed by atoms with Crippen LogP contribution in [-0.4, -0.2) is 11.8 Å². The van der Waals surface area contributed by atoms with Gasteiger partial charge in [-0.1, -0.05) is 0 Å². The normalized spacial score (nSPS) is 12.7. The van der Waals surface area contributed by atoms with Crippen LogP contribution in [0.1, 0.15) is 28.4 Å². The standard InChI is InChI=1S/C11H13BrFNO/c1-5-4-8(13)10(12)9(6(5)2)11(15)7(3)14/h4,7H,14H2,1-3H3. The van der Waals surface area contributed by atoms with E-state index in [1.165, 1.54) is 6.07 Å². The van der Waals surface area contributed by atoms with Crippen LogP contribution in [0.3, 0.4) is 0 Å². The smallest absolute Gasteiger partial charge is 0.180 e. The Bertz CT molecular complexity index is 389. The van der Waals surface area contributed by atoms with Crippen molar-refractivity contribution in [1.82, 2.24) is 0 Å². The highest BCUT2D eigenvalue weighted by atomic mass is 79.9. The van der Waals surface area contributed by atoms with Crippen molar-refractivity contribution >= 4 is 21.7 Å². The fourth-order valence-corrected chi connectivity index (χ4v) is 1.97. The molecule has 0 aromatic heterocycles. The van der Waals surface area contributed by atoms with Gasteiger partial charge in [-0.3, -0.25) is 4.79 Å². The fraction of sp³-hybridized carbons (Fsp3) is 0.364. The number of Topliss-reactive ketones (excluding diaryl/α,β-unsaturated/α-hetero) is 1. The van der Waals surface area contributed by atoms with Crippen LogP contribution in [0, 0.1) is 19.7 Å². The van der Waals surface area contributed by atoms with Gasteiger partial charge in [-0.2, -0.15) is 0 Å². The van der Waals surface area contributed by atoms with Crippen molar-refractivity contribution in [3.05, 3.63) is 33.0 Å². The molecule has 0 aliphatic carbocycles. The Morgan fingerprint density at radius 2 is 2.07 bits per heavy atom. The lowest BCUT2D eigenvalue weighted by molar-refractivity contribution is 0.0966. The number of hydrogen-bond acceptors (Lipinski definition) is 2. The van der Waals surface area contributed by atoms with Gasteiger partial charge in [0.2, 0.25) is 0 Å². The summed E-state index contributed by atoms with van der Waals surface area (Å²) in [4.78, 5) is 11.8. The summed E-state index contributed by atoms with van der Waals surface area (Å²) in [5.41, 5.74) is 7.38. The molecule has 15 heavy (non-hydrogen) atoms. The van der Waals surface area contributed by atoms with Crippen LogP contribution >= 0.6 is 15.9 Å². The predicted molar refractivity (Wildman–Crippen MR) is 61.6 cm³/mol. The van der Waals surface area contributed by atoms with Crippen molar-refractivity contribution in [2.75, 3.05) is 0 Å². The molecule has 0 aliphatic rings. The van der Waals surface area contributed by atoms with E-state index in [1.807, 2.05) is 0 Å². The average molecular weight is 274 g/mol. The number of benzene rings is 1. The van der Waals surface area contributed by atoms with E-state index in [4.69, 9.17) is 5.73 Å². The second-order valence-electron chi connectivity index (χ2n) is 3.64. The minimum atomic E-state index is -0.624. The first-order chi connectivity index (χ1) is 6.86. The van der Waals surface area contributed by atoms with Gasteiger partial charge in [0.1, 0.15) is 5.82 Å². The van der Waals surface area contributed by atoms with Crippen molar-refractivity contribution in [2.24, 2.45) is 5.73 Å². The van der Waals surface area contributed by atoms with E-state index < -0.39 is 11.9 Å². The Kier molecular flexibility index (Phi) is 3.62. The molecular formula is C11H13BrFNO. The Balaban J connectivity index is 3.46. The van der Waals surface area contributed by atoms with Crippen LogP contribution in [0.25, 0.3) is 0 Å². The van der Waals surface area contributed by atoms with Crippen molar-refractivity contribution in [3.63, 3.8) is 0 Å². The zero-order valence-electron chi connectivity index (χ0n) is 8.90. The maximum atomic E-state index is 13.4. The predicted octanol–water partition coefficient (Wildman–Crippen LogP) is 2.73. The summed E-state index contributed by atoms with van der Waals surface area (Å²) >= 11 is 3.08. The molecule has 1 unspecified atom stereocenters. The van der Waals surface area contributed by atoms with Crippen LogP contribution in [0.15, 0.2) is 10.5 Å². The van der Waals surface area contributed by atoms with E-state index in [0.717, 1.165) is 11.1 Å². The van der Waals surface area contributed by atoms with Gasteiger partial charge < -0.3 is 5.73 Å². The molecule has 0 bridgehead atoms. The summed E-state index contributed by atoms with van der Waals surface area (Å²) in [6.45, 7) is 5.15. The molecule has 0 spiro atoms. The molecule has 2 N–H and O–H groups in total. The lowest BCUT2D eigenvalue weighted by atomic mass is 9.97. The maximum Gasteiger partial charge on any atom is 0.180 e. The van der Waals surface area contributed by atoms with Crippen LogP contribution in [0.4, 0.5) is 4.39 Å². The Morgan fingerprint density at radius 1 is 1.53 bits per heavy atom. The highest BCUT2D eigenvalue weighted by Gasteiger charge is 2.20. The molecule has 0 aliphatic heterocycles. The zero-order valence-corrected chi connectivity index (χ0v) is 10.5. The molecule has 0 amide bonds. The van der Waals surface area contributed by atoms with Crippen LogP contribution < -0.4 is 5.73 Å². The third kappa shape index (κ3) is 2.26. The lowest BCUT2D eigenvalue weighted by Gasteiger charge is -2.13. The van der Waals surface area contributed by atoms with Gasteiger partial charge in [-0.25, -0.2) is 4.39 Å². The molecule has 0 saturated heterocycles. The maximum absolute atomic E-state index is 13.4. The van der Waals surface area contributed by atoms with E-state index in [9.17, 15) is 9.18 Å². The minimum absolute atomic E-state index is 0.202. The quantitative estimate of drug-likeness (QED) is 0.843. The van der Waals surface area contributed by atoms with Crippen LogP contribution in [0.5, 0.6) is 0 Å². The molecule has 82 valence electrons. The van der Waals surface area contributed by atoms with Crippen LogP contribution in [0.2, 0.25) is 0 Å². The first-order valence-electron chi connectivity index (χ1n) is 4.61. The van der Waals surface area contributed by atoms with E-state index in [1.54, 1.807) is 20.8 Å². The molecule has 2 nitrogen and oxygen atoms in total. The summed E-state index contributed by atoms with van der Waals surface area (Å²) in [6, 6.07) is 0.776. The van der Waals surface area contributed by atoms with Gasteiger partial charge in [-0.05, 0) is 53.9 Å². The summed E-state index contributed by atoms with van der Waals surface area (Å²) in [5, 5.41) is 0. The molecule has 0 fully saturated rings. The molecule has 0 radical (unpaired) electrons. The first kappa shape index (κ1) is 12.3. The van der Waals surface area contributed by atoms with E-state index in [2.05, 4.69) is 15.9 Å². The van der Waals surface area contributed by atoms with Gasteiger partial charge in [0.25, 0.3) is 0 Å². The molecule has 0 saturated carbocycles. The summed E-state index contributed by atoms with van der Waals surface area (Å²) < 4.78 is 13.6. The monoisotopic (exact) mass is 273 g/mol. The second kappa shape index (κ2) is 4.41. The Morgan fingerprint density at radius 3 is 2.53 bits per heavy atom. The fourth-order valence-electron chi connectivity index (χ4n) is 1.36. The Hall–Kier alpha value is -0.740. The minimum Gasteiger partial charge on any atom is -0.321 e. The molecule has 4 heteroatoms. The summed E-state index contributed by atoms with van der Waals surface area (Å²) in [7, 11) is 0. The SMILES string of the molecule is Cc1cc(F)c(Br)c(C(=O)C(C)N)c1C. The third-order valence-electron chi connectivity index (χ3n) is 2.40. The van der Waals surface area contributed by atoms with E-state index in [-0.39, 0.29) is 10.3 Å². The zero-order chi connectivity index (χ0) is 11.7. The number of ketones is 1. The van der Waals surface area contributed by atoms with Crippen LogP contribution in [-0.2, 0) is 0 Å². The number of hydrogen-bond donors (Lipinski definition) is 1. The van der Waals surface area contributed by atoms with Crippen molar-refractivity contribution < 1.29 is 9.18 Å². The lowest BCUT2D eigenvalue weighted by Crippen LogP contribution is -2.28.